The molecule has 3 rings (SSSR count). The van der Waals surface area contributed by atoms with Gasteiger partial charge in [0.1, 0.15) is 5.75 Å². The van der Waals surface area contributed by atoms with Crippen molar-refractivity contribution in [2.24, 2.45) is 11.8 Å². The molecule has 0 bridgehead atoms. The summed E-state index contributed by atoms with van der Waals surface area (Å²) < 4.78 is 6.07. The van der Waals surface area contributed by atoms with Crippen LogP contribution in [0.25, 0.3) is 0 Å². The van der Waals surface area contributed by atoms with Crippen molar-refractivity contribution >= 4 is 34.2 Å². The molecule has 0 aliphatic carbocycles. The first-order valence-corrected chi connectivity index (χ1v) is 8.32. The van der Waals surface area contributed by atoms with E-state index >= 15 is 0 Å². The van der Waals surface area contributed by atoms with Crippen molar-refractivity contribution in [2.45, 2.75) is 12.8 Å². The van der Waals surface area contributed by atoms with E-state index in [1.54, 1.807) is 7.11 Å². The normalized spacial score (nSPS) is 24.2. The zero-order valence-electron chi connectivity index (χ0n) is 12.7. The summed E-state index contributed by atoms with van der Waals surface area (Å²) in [5.74, 6) is 2.29. The van der Waals surface area contributed by atoms with E-state index in [2.05, 4.69) is 21.2 Å². The highest BCUT2D eigenvalue weighted by atomic mass is 79.9. The monoisotopic (exact) mass is 388 g/mol. The van der Waals surface area contributed by atoms with Crippen LogP contribution in [0.3, 0.4) is 0 Å². The molecule has 2 aliphatic rings. The van der Waals surface area contributed by atoms with Gasteiger partial charge in [0.15, 0.2) is 0 Å². The van der Waals surface area contributed by atoms with Gasteiger partial charge in [0.25, 0.3) is 5.91 Å². The SMILES string of the molecule is COc1ccc(Br)c(C(=O)N2CC[C@@H]3CNC[C@@H]3CC2)c1.Cl. The number of nitrogens with zero attached hydrogens (tertiary/aromatic N) is 1. The summed E-state index contributed by atoms with van der Waals surface area (Å²) in [6.45, 7) is 3.92. The van der Waals surface area contributed by atoms with Gasteiger partial charge in [-0.05, 0) is 71.9 Å². The van der Waals surface area contributed by atoms with Crippen molar-refractivity contribution in [3.8, 4) is 5.75 Å². The largest absolute Gasteiger partial charge is 0.497 e. The van der Waals surface area contributed by atoms with Gasteiger partial charge in [0.2, 0.25) is 0 Å². The molecule has 0 radical (unpaired) electrons. The van der Waals surface area contributed by atoms with Crippen molar-refractivity contribution in [3.05, 3.63) is 28.2 Å². The van der Waals surface area contributed by atoms with E-state index in [-0.39, 0.29) is 18.3 Å². The highest BCUT2D eigenvalue weighted by molar-refractivity contribution is 9.10. The minimum atomic E-state index is 0. The first kappa shape index (κ1) is 17.6. The van der Waals surface area contributed by atoms with Crippen molar-refractivity contribution in [1.82, 2.24) is 10.2 Å². The number of rotatable bonds is 2. The van der Waals surface area contributed by atoms with Crippen molar-refractivity contribution in [2.75, 3.05) is 33.3 Å². The second kappa shape index (κ2) is 7.66. The van der Waals surface area contributed by atoms with Gasteiger partial charge >= 0.3 is 0 Å². The maximum atomic E-state index is 12.8. The first-order valence-electron chi connectivity index (χ1n) is 7.52. The van der Waals surface area contributed by atoms with Gasteiger partial charge in [-0.2, -0.15) is 0 Å². The van der Waals surface area contributed by atoms with E-state index < -0.39 is 0 Å². The molecule has 2 atom stereocenters. The van der Waals surface area contributed by atoms with Gasteiger partial charge in [-0.25, -0.2) is 0 Å². The van der Waals surface area contributed by atoms with Crippen molar-refractivity contribution < 1.29 is 9.53 Å². The van der Waals surface area contributed by atoms with Crippen LogP contribution in [-0.2, 0) is 0 Å². The number of hydrogen-bond acceptors (Lipinski definition) is 3. The fraction of sp³-hybridized carbons (Fsp3) is 0.562. The Kier molecular flexibility index (Phi) is 6.12. The third-order valence-electron chi connectivity index (χ3n) is 4.71. The molecule has 4 nitrogen and oxygen atoms in total. The molecule has 0 unspecified atom stereocenters. The van der Waals surface area contributed by atoms with Crippen LogP contribution in [0.15, 0.2) is 22.7 Å². The number of fused-ring (bicyclic) bond motifs is 1. The number of hydrogen-bond donors (Lipinski definition) is 1. The zero-order chi connectivity index (χ0) is 14.8. The molecular formula is C16H22BrClN2O2. The summed E-state index contributed by atoms with van der Waals surface area (Å²) in [7, 11) is 1.62. The lowest BCUT2D eigenvalue weighted by molar-refractivity contribution is 0.0757. The van der Waals surface area contributed by atoms with E-state index in [9.17, 15) is 4.79 Å². The lowest BCUT2D eigenvalue weighted by Crippen LogP contribution is -2.33. The summed E-state index contributed by atoms with van der Waals surface area (Å²) in [5.41, 5.74) is 0.694. The molecule has 1 N–H and O–H groups in total. The molecule has 122 valence electrons. The average Bonchev–Trinajstić information content (AvgIpc) is 2.86. The maximum absolute atomic E-state index is 12.8. The van der Waals surface area contributed by atoms with Gasteiger partial charge in [0, 0.05) is 17.6 Å². The Labute approximate surface area is 146 Å². The number of benzene rings is 1. The van der Waals surface area contributed by atoms with Crippen LogP contribution in [0.1, 0.15) is 23.2 Å². The lowest BCUT2D eigenvalue weighted by Gasteiger charge is -2.22. The number of methoxy groups -OCH3 is 1. The van der Waals surface area contributed by atoms with Crippen LogP contribution in [-0.4, -0.2) is 44.1 Å². The van der Waals surface area contributed by atoms with Gasteiger partial charge in [-0.3, -0.25) is 4.79 Å². The molecule has 0 aromatic heterocycles. The van der Waals surface area contributed by atoms with E-state index in [0.717, 1.165) is 61.1 Å². The Morgan fingerprint density at radius 2 is 1.91 bits per heavy atom. The Bertz CT molecular complexity index is 527. The summed E-state index contributed by atoms with van der Waals surface area (Å²) in [5, 5.41) is 3.46. The van der Waals surface area contributed by atoms with Crippen molar-refractivity contribution in [1.29, 1.82) is 0 Å². The first-order chi connectivity index (χ1) is 10.2. The second-order valence-electron chi connectivity index (χ2n) is 5.89. The molecular weight excluding hydrogens is 368 g/mol. The summed E-state index contributed by atoms with van der Waals surface area (Å²) >= 11 is 3.48. The fourth-order valence-corrected chi connectivity index (χ4v) is 3.80. The van der Waals surface area contributed by atoms with Gasteiger partial charge in [-0.1, -0.05) is 0 Å². The third kappa shape index (κ3) is 3.58. The van der Waals surface area contributed by atoms with Crippen molar-refractivity contribution in [3.63, 3.8) is 0 Å². The molecule has 2 saturated heterocycles. The number of nitrogens with one attached hydrogen (secondary N) is 1. The molecule has 0 spiro atoms. The van der Waals surface area contributed by atoms with Crippen LogP contribution in [0, 0.1) is 11.8 Å². The van der Waals surface area contributed by atoms with E-state index in [4.69, 9.17) is 4.74 Å². The van der Waals surface area contributed by atoms with Crippen LogP contribution in [0.5, 0.6) is 5.75 Å². The van der Waals surface area contributed by atoms with E-state index in [1.807, 2.05) is 23.1 Å². The quantitative estimate of drug-likeness (QED) is 0.845. The summed E-state index contributed by atoms with van der Waals surface area (Å²) in [6, 6.07) is 5.56. The fourth-order valence-electron chi connectivity index (χ4n) is 3.39. The number of amides is 1. The highest BCUT2D eigenvalue weighted by Crippen LogP contribution is 2.29. The molecule has 1 aromatic rings. The predicted molar refractivity (Wildman–Crippen MR) is 92.9 cm³/mol. The van der Waals surface area contributed by atoms with Crippen LogP contribution < -0.4 is 10.1 Å². The Balaban J connectivity index is 0.00000176. The van der Waals surface area contributed by atoms with Crippen LogP contribution in [0.2, 0.25) is 0 Å². The predicted octanol–water partition coefficient (Wildman–Crippen LogP) is 2.95. The van der Waals surface area contributed by atoms with E-state index in [0.29, 0.717) is 5.56 Å². The molecule has 2 aliphatic heterocycles. The minimum Gasteiger partial charge on any atom is -0.497 e. The molecule has 1 aromatic carbocycles. The minimum absolute atomic E-state index is 0. The molecule has 22 heavy (non-hydrogen) atoms. The number of carbonyl (C=O) groups is 1. The second-order valence-corrected chi connectivity index (χ2v) is 6.75. The molecule has 0 saturated carbocycles. The Hall–Kier alpha value is -0.780. The van der Waals surface area contributed by atoms with Gasteiger partial charge < -0.3 is 15.0 Å². The smallest absolute Gasteiger partial charge is 0.255 e. The number of likely N-dealkylation sites (tertiary alicyclic amines) is 1. The highest BCUT2D eigenvalue weighted by Gasteiger charge is 2.32. The molecule has 2 fully saturated rings. The van der Waals surface area contributed by atoms with Gasteiger partial charge in [0.05, 0.1) is 12.7 Å². The summed E-state index contributed by atoms with van der Waals surface area (Å²) in [6.07, 6.45) is 2.20. The molecule has 6 heteroatoms. The van der Waals surface area contributed by atoms with Crippen LogP contribution in [0.4, 0.5) is 0 Å². The third-order valence-corrected chi connectivity index (χ3v) is 5.40. The number of carbonyl (C=O) groups excluding carboxylic acids is 1. The molecule has 2 heterocycles. The summed E-state index contributed by atoms with van der Waals surface area (Å²) in [4.78, 5) is 14.8. The van der Waals surface area contributed by atoms with E-state index in [1.165, 1.54) is 0 Å². The number of halogens is 2. The van der Waals surface area contributed by atoms with Gasteiger partial charge in [-0.15, -0.1) is 12.4 Å². The standard InChI is InChI=1S/C16H21BrN2O2.ClH/c1-21-13-2-3-15(17)14(8-13)16(20)19-6-4-11-9-18-10-12(11)5-7-19;/h2-3,8,11-12,18H,4-7,9-10H2,1H3;1H/t11-,12+;. The Morgan fingerprint density at radius 1 is 1.27 bits per heavy atom. The zero-order valence-corrected chi connectivity index (χ0v) is 15.1. The molecule has 1 amide bonds. The topological polar surface area (TPSA) is 41.6 Å². The average molecular weight is 390 g/mol. The van der Waals surface area contributed by atoms with Crippen LogP contribution >= 0.6 is 28.3 Å². The number of ether oxygens (including phenoxy) is 1. The maximum Gasteiger partial charge on any atom is 0.255 e. The lowest BCUT2D eigenvalue weighted by atomic mass is 9.92. The Morgan fingerprint density at radius 3 is 2.50 bits per heavy atom.